The molecule has 0 spiro atoms. The fourth-order valence-corrected chi connectivity index (χ4v) is 2.81. The largest absolute Gasteiger partial charge is 0.493 e. The van der Waals surface area contributed by atoms with Crippen LogP contribution >= 0.6 is 23.4 Å². The Morgan fingerprint density at radius 2 is 2.00 bits per heavy atom. The molecule has 0 aliphatic rings. The first-order chi connectivity index (χ1) is 10.7. The third-order valence-corrected chi connectivity index (χ3v) is 4.11. The molecule has 0 N–H and O–H groups in total. The van der Waals surface area contributed by atoms with E-state index in [0.717, 1.165) is 23.2 Å². The predicted octanol–water partition coefficient (Wildman–Crippen LogP) is 4.60. The first-order valence-corrected chi connectivity index (χ1v) is 8.48. The summed E-state index contributed by atoms with van der Waals surface area (Å²) in [5.74, 6) is 1.94. The fraction of sp³-hybridized carbons (Fsp3) is 0.235. The lowest BCUT2D eigenvalue weighted by Gasteiger charge is -2.16. The quantitative estimate of drug-likeness (QED) is 0.692. The van der Waals surface area contributed by atoms with Gasteiger partial charge in [0, 0.05) is 27.5 Å². The molecule has 0 heterocycles. The normalized spacial score (nSPS) is 10.3. The summed E-state index contributed by atoms with van der Waals surface area (Å²) in [7, 11) is 1.56. The van der Waals surface area contributed by atoms with E-state index in [4.69, 9.17) is 21.1 Å². The average Bonchev–Trinajstić information content (AvgIpc) is 2.54. The highest BCUT2D eigenvalue weighted by Crippen LogP contribution is 2.35. The predicted molar refractivity (Wildman–Crippen MR) is 91.4 cm³/mol. The third-order valence-electron chi connectivity index (χ3n) is 3.14. The van der Waals surface area contributed by atoms with Crippen molar-refractivity contribution in [1.29, 1.82) is 0 Å². The minimum absolute atomic E-state index is 0.345. The molecule has 0 bridgehead atoms. The van der Waals surface area contributed by atoms with Crippen LogP contribution < -0.4 is 9.47 Å². The number of rotatable bonds is 7. The van der Waals surface area contributed by atoms with Crippen molar-refractivity contribution in [3.63, 3.8) is 0 Å². The number of aldehydes is 1. The van der Waals surface area contributed by atoms with E-state index < -0.39 is 0 Å². The molecule has 0 amide bonds. The number of halogens is 1. The fourth-order valence-electron chi connectivity index (χ4n) is 2.10. The lowest BCUT2D eigenvalue weighted by Crippen LogP contribution is -2.02. The summed E-state index contributed by atoms with van der Waals surface area (Å²) in [6.45, 7) is 0.345. The summed E-state index contributed by atoms with van der Waals surface area (Å²) < 4.78 is 11.3. The molecule has 0 radical (unpaired) electrons. The van der Waals surface area contributed by atoms with Gasteiger partial charge in [-0.05, 0) is 24.5 Å². The van der Waals surface area contributed by atoms with E-state index in [9.17, 15) is 4.79 Å². The highest BCUT2D eigenvalue weighted by atomic mass is 35.5. The van der Waals surface area contributed by atoms with Crippen molar-refractivity contribution in [2.45, 2.75) is 12.4 Å². The van der Waals surface area contributed by atoms with Crippen molar-refractivity contribution in [3.8, 4) is 11.5 Å². The van der Waals surface area contributed by atoms with Gasteiger partial charge in [-0.3, -0.25) is 4.79 Å². The van der Waals surface area contributed by atoms with Crippen molar-refractivity contribution < 1.29 is 14.3 Å². The molecule has 0 unspecified atom stereocenters. The number of hydrogen-bond donors (Lipinski definition) is 0. The minimum atomic E-state index is 0.345. The Labute approximate surface area is 139 Å². The highest BCUT2D eigenvalue weighted by molar-refractivity contribution is 7.97. The van der Waals surface area contributed by atoms with E-state index in [1.807, 2.05) is 36.6 Å². The number of ether oxygens (including phenoxy) is 2. The number of hydrogen-bond acceptors (Lipinski definition) is 4. The molecule has 0 aromatic heterocycles. The molecule has 0 aliphatic carbocycles. The molecule has 5 heteroatoms. The summed E-state index contributed by atoms with van der Waals surface area (Å²) in [4.78, 5) is 11.0. The van der Waals surface area contributed by atoms with Crippen LogP contribution in [0.15, 0.2) is 36.4 Å². The second-order valence-corrected chi connectivity index (χ2v) is 5.92. The Kier molecular flexibility index (Phi) is 6.16. The molecule has 0 saturated carbocycles. The molecule has 0 saturated heterocycles. The molecular weight excluding hydrogens is 320 g/mol. The summed E-state index contributed by atoms with van der Waals surface area (Å²) in [5.41, 5.74) is 2.41. The van der Waals surface area contributed by atoms with Crippen LogP contribution in [0.1, 0.15) is 21.5 Å². The number of thioether (sulfide) groups is 1. The number of methoxy groups -OCH3 is 1. The summed E-state index contributed by atoms with van der Waals surface area (Å²) in [5, 5.41) is 0.664. The van der Waals surface area contributed by atoms with E-state index in [1.54, 1.807) is 24.9 Å². The maximum Gasteiger partial charge on any atom is 0.165 e. The Morgan fingerprint density at radius 3 is 2.64 bits per heavy atom. The van der Waals surface area contributed by atoms with Crippen molar-refractivity contribution in [1.82, 2.24) is 0 Å². The van der Waals surface area contributed by atoms with Crippen LogP contribution in [-0.4, -0.2) is 19.7 Å². The third kappa shape index (κ3) is 3.96. The van der Waals surface area contributed by atoms with Crippen LogP contribution in [-0.2, 0) is 12.4 Å². The second kappa shape index (κ2) is 8.11. The van der Waals surface area contributed by atoms with E-state index in [0.29, 0.717) is 28.7 Å². The van der Waals surface area contributed by atoms with Gasteiger partial charge in [0.05, 0.1) is 7.11 Å². The van der Waals surface area contributed by atoms with Crippen LogP contribution in [0.5, 0.6) is 11.5 Å². The van der Waals surface area contributed by atoms with Gasteiger partial charge in [-0.15, -0.1) is 0 Å². The van der Waals surface area contributed by atoms with Gasteiger partial charge < -0.3 is 9.47 Å². The molecule has 2 aromatic carbocycles. The van der Waals surface area contributed by atoms with Gasteiger partial charge in [0.25, 0.3) is 0 Å². The second-order valence-electron chi connectivity index (χ2n) is 4.64. The maximum atomic E-state index is 11.0. The van der Waals surface area contributed by atoms with E-state index in [-0.39, 0.29) is 0 Å². The number of carbonyl (C=O) groups is 1. The van der Waals surface area contributed by atoms with Gasteiger partial charge in [-0.2, -0.15) is 11.8 Å². The number of carbonyl (C=O) groups excluding carboxylic acids is 1. The standard InChI is InChI=1S/C17H17ClO3S/c1-20-16-8-12(9-19)7-14(11-22-2)17(16)21-10-13-5-3-4-6-15(13)18/h3-9H,10-11H2,1-2H3. The van der Waals surface area contributed by atoms with Gasteiger partial charge >= 0.3 is 0 Å². The maximum absolute atomic E-state index is 11.0. The lowest BCUT2D eigenvalue weighted by atomic mass is 10.1. The number of benzene rings is 2. The Hall–Kier alpha value is -1.65. The van der Waals surface area contributed by atoms with Crippen molar-refractivity contribution >= 4 is 29.6 Å². The Balaban J connectivity index is 2.32. The van der Waals surface area contributed by atoms with E-state index in [1.165, 1.54) is 0 Å². The minimum Gasteiger partial charge on any atom is -0.493 e. The molecule has 0 fully saturated rings. The first kappa shape index (κ1) is 16.7. The van der Waals surface area contributed by atoms with Crippen LogP contribution in [0.3, 0.4) is 0 Å². The van der Waals surface area contributed by atoms with Crippen molar-refractivity contribution in [2.24, 2.45) is 0 Å². The molecule has 22 heavy (non-hydrogen) atoms. The Bertz CT molecular complexity index is 658. The molecule has 0 aliphatic heterocycles. The molecule has 3 nitrogen and oxygen atoms in total. The van der Waals surface area contributed by atoms with E-state index >= 15 is 0 Å². The van der Waals surface area contributed by atoms with Crippen molar-refractivity contribution in [2.75, 3.05) is 13.4 Å². The molecule has 2 aromatic rings. The lowest BCUT2D eigenvalue weighted by molar-refractivity contribution is 0.112. The Morgan fingerprint density at radius 1 is 1.23 bits per heavy atom. The van der Waals surface area contributed by atoms with Gasteiger partial charge in [0.2, 0.25) is 0 Å². The zero-order valence-electron chi connectivity index (χ0n) is 12.5. The highest BCUT2D eigenvalue weighted by Gasteiger charge is 2.14. The van der Waals surface area contributed by atoms with Crippen LogP contribution in [0.25, 0.3) is 0 Å². The first-order valence-electron chi connectivity index (χ1n) is 6.70. The van der Waals surface area contributed by atoms with Gasteiger partial charge in [0.1, 0.15) is 12.9 Å². The van der Waals surface area contributed by atoms with E-state index in [2.05, 4.69) is 0 Å². The zero-order valence-corrected chi connectivity index (χ0v) is 14.0. The monoisotopic (exact) mass is 336 g/mol. The van der Waals surface area contributed by atoms with Crippen LogP contribution in [0, 0.1) is 0 Å². The zero-order chi connectivity index (χ0) is 15.9. The average molecular weight is 337 g/mol. The van der Waals surface area contributed by atoms with Crippen LogP contribution in [0.2, 0.25) is 5.02 Å². The smallest absolute Gasteiger partial charge is 0.165 e. The summed E-state index contributed by atoms with van der Waals surface area (Å²) in [6.07, 6.45) is 2.81. The van der Waals surface area contributed by atoms with Gasteiger partial charge in [0.15, 0.2) is 11.5 Å². The van der Waals surface area contributed by atoms with Gasteiger partial charge in [-0.25, -0.2) is 0 Å². The van der Waals surface area contributed by atoms with Gasteiger partial charge in [-0.1, -0.05) is 29.8 Å². The molecular formula is C17H17ClO3S. The molecule has 2 rings (SSSR count). The van der Waals surface area contributed by atoms with Crippen molar-refractivity contribution in [3.05, 3.63) is 58.1 Å². The molecule has 0 atom stereocenters. The topological polar surface area (TPSA) is 35.5 Å². The summed E-state index contributed by atoms with van der Waals surface area (Å²) in [6, 6.07) is 11.1. The van der Waals surface area contributed by atoms with Crippen LogP contribution in [0.4, 0.5) is 0 Å². The molecule has 116 valence electrons. The summed E-state index contributed by atoms with van der Waals surface area (Å²) >= 11 is 7.81. The SMILES string of the molecule is COc1cc(C=O)cc(CSC)c1OCc1ccccc1Cl.